The lowest BCUT2D eigenvalue weighted by atomic mass is 10.1. The van der Waals surface area contributed by atoms with Crippen molar-refractivity contribution in [1.82, 2.24) is 9.21 Å². The van der Waals surface area contributed by atoms with Crippen LogP contribution in [-0.4, -0.2) is 67.8 Å². The fraction of sp³-hybridized carbons (Fsp3) is 1.00. The van der Waals surface area contributed by atoms with Gasteiger partial charge in [-0.2, -0.15) is 0 Å². The quantitative estimate of drug-likeness (QED) is 0.766. The van der Waals surface area contributed by atoms with Crippen molar-refractivity contribution in [3.63, 3.8) is 0 Å². The zero-order chi connectivity index (χ0) is 13.1. The second-order valence-electron chi connectivity index (χ2n) is 4.90. The number of sulfonamides is 1. The van der Waals surface area contributed by atoms with Gasteiger partial charge >= 0.3 is 0 Å². The average molecular weight is 264 g/mol. The van der Waals surface area contributed by atoms with Crippen LogP contribution in [0.5, 0.6) is 0 Å². The van der Waals surface area contributed by atoms with Gasteiger partial charge in [-0.05, 0) is 25.8 Å². The third-order valence-electron chi connectivity index (χ3n) is 3.46. The van der Waals surface area contributed by atoms with Crippen LogP contribution in [0.1, 0.15) is 26.2 Å². The number of hydrogen-bond acceptors (Lipinski definition) is 4. The molecule has 1 fully saturated rings. The second-order valence-corrected chi connectivity index (χ2v) is 6.94. The highest BCUT2D eigenvalue weighted by molar-refractivity contribution is 7.88. The zero-order valence-electron chi connectivity index (χ0n) is 11.0. The van der Waals surface area contributed by atoms with E-state index in [1.54, 1.807) is 7.05 Å². The summed E-state index contributed by atoms with van der Waals surface area (Å²) in [6.07, 6.45) is 3.57. The third kappa shape index (κ3) is 4.54. The summed E-state index contributed by atoms with van der Waals surface area (Å²) in [4.78, 5) is 2.16. The lowest BCUT2D eigenvalue weighted by Gasteiger charge is -2.37. The minimum absolute atomic E-state index is 0.0443. The molecule has 0 radical (unpaired) electrons. The summed E-state index contributed by atoms with van der Waals surface area (Å²) in [6, 6.07) is 0.0443. The topological polar surface area (TPSA) is 60.9 Å². The fourth-order valence-corrected chi connectivity index (χ4v) is 2.91. The molecule has 1 N–H and O–H groups in total. The number of piperidine rings is 1. The maximum absolute atomic E-state index is 11.5. The molecule has 1 aliphatic rings. The van der Waals surface area contributed by atoms with Crippen LogP contribution in [0.15, 0.2) is 0 Å². The number of likely N-dealkylation sites (N-methyl/N-ethyl adjacent to an activating group) is 1. The molecule has 6 heteroatoms. The number of hydrogen-bond donors (Lipinski definition) is 1. The van der Waals surface area contributed by atoms with Crippen molar-refractivity contribution in [2.24, 2.45) is 0 Å². The van der Waals surface area contributed by atoms with Crippen molar-refractivity contribution in [1.29, 1.82) is 0 Å². The smallest absolute Gasteiger partial charge is 0.211 e. The Morgan fingerprint density at radius 2 is 2.18 bits per heavy atom. The van der Waals surface area contributed by atoms with E-state index < -0.39 is 10.0 Å². The molecule has 1 rings (SSSR count). The summed E-state index contributed by atoms with van der Waals surface area (Å²) in [5.41, 5.74) is 0. The van der Waals surface area contributed by atoms with Gasteiger partial charge in [0.05, 0.1) is 12.4 Å². The lowest BCUT2D eigenvalue weighted by Crippen LogP contribution is -2.49. The van der Waals surface area contributed by atoms with Crippen molar-refractivity contribution in [2.75, 3.05) is 32.9 Å². The number of aliphatic hydroxyl groups is 1. The highest BCUT2D eigenvalue weighted by atomic mass is 32.2. The fourth-order valence-electron chi connectivity index (χ4n) is 2.19. The van der Waals surface area contributed by atoms with Crippen LogP contribution in [0.2, 0.25) is 0 Å². The van der Waals surface area contributed by atoms with Crippen LogP contribution in [-0.2, 0) is 10.0 Å². The lowest BCUT2D eigenvalue weighted by molar-refractivity contribution is 0.0798. The van der Waals surface area contributed by atoms with E-state index in [0.29, 0.717) is 6.54 Å². The molecule has 0 spiro atoms. The van der Waals surface area contributed by atoms with Crippen molar-refractivity contribution in [3.05, 3.63) is 0 Å². The van der Waals surface area contributed by atoms with Crippen LogP contribution in [0.3, 0.4) is 0 Å². The summed E-state index contributed by atoms with van der Waals surface area (Å²) < 4.78 is 24.4. The van der Waals surface area contributed by atoms with E-state index in [1.807, 2.05) is 6.92 Å². The van der Waals surface area contributed by atoms with Gasteiger partial charge in [0, 0.05) is 26.2 Å². The Kier molecular flexibility index (Phi) is 5.37. The SMILES string of the molecule is CC[C@@H](O)CN1CCC[C@H](N(C)S(C)(=O)=O)C1. The first-order chi connectivity index (χ1) is 7.84. The molecule has 0 bridgehead atoms. The molecule has 2 atom stereocenters. The first-order valence-electron chi connectivity index (χ1n) is 6.18. The third-order valence-corrected chi connectivity index (χ3v) is 4.80. The monoisotopic (exact) mass is 264 g/mol. The molecule has 1 saturated heterocycles. The Morgan fingerprint density at radius 1 is 1.53 bits per heavy atom. The minimum atomic E-state index is -3.12. The van der Waals surface area contributed by atoms with Crippen LogP contribution >= 0.6 is 0 Å². The largest absolute Gasteiger partial charge is 0.392 e. The molecular weight excluding hydrogens is 240 g/mol. The Hall–Kier alpha value is -0.170. The van der Waals surface area contributed by atoms with Crippen LogP contribution < -0.4 is 0 Å². The molecule has 0 aromatic heterocycles. The summed E-state index contributed by atoms with van der Waals surface area (Å²) in [7, 11) is -1.48. The molecule has 17 heavy (non-hydrogen) atoms. The maximum Gasteiger partial charge on any atom is 0.211 e. The second kappa shape index (κ2) is 6.13. The Balaban J connectivity index is 2.55. The number of nitrogens with zero attached hydrogens (tertiary/aromatic N) is 2. The van der Waals surface area contributed by atoms with Crippen LogP contribution in [0.4, 0.5) is 0 Å². The van der Waals surface area contributed by atoms with Gasteiger partial charge in [-0.25, -0.2) is 12.7 Å². The maximum atomic E-state index is 11.5. The Morgan fingerprint density at radius 3 is 2.71 bits per heavy atom. The molecule has 0 aliphatic carbocycles. The van der Waals surface area contributed by atoms with Gasteiger partial charge in [0.1, 0.15) is 0 Å². The highest BCUT2D eigenvalue weighted by Crippen LogP contribution is 2.17. The van der Waals surface area contributed by atoms with Crippen molar-refractivity contribution in [2.45, 2.75) is 38.3 Å². The van der Waals surface area contributed by atoms with Gasteiger partial charge in [0.25, 0.3) is 0 Å². The molecule has 1 heterocycles. The number of likely N-dealkylation sites (tertiary alicyclic amines) is 1. The Labute approximate surface area is 104 Å². The molecule has 1 aliphatic heterocycles. The number of aliphatic hydroxyl groups excluding tert-OH is 1. The van der Waals surface area contributed by atoms with Crippen LogP contribution in [0, 0.1) is 0 Å². The van der Waals surface area contributed by atoms with E-state index in [2.05, 4.69) is 4.90 Å². The summed E-state index contributed by atoms with van der Waals surface area (Å²) >= 11 is 0. The summed E-state index contributed by atoms with van der Waals surface area (Å²) in [5, 5.41) is 9.62. The van der Waals surface area contributed by atoms with Gasteiger partial charge in [0.15, 0.2) is 0 Å². The van der Waals surface area contributed by atoms with Gasteiger partial charge < -0.3 is 5.11 Å². The molecule has 0 aromatic rings. The normalized spacial score (nSPS) is 25.1. The molecule has 0 saturated carbocycles. The molecular formula is C11H24N2O3S. The highest BCUT2D eigenvalue weighted by Gasteiger charge is 2.28. The first-order valence-corrected chi connectivity index (χ1v) is 8.02. The van der Waals surface area contributed by atoms with E-state index >= 15 is 0 Å². The molecule has 0 amide bonds. The van der Waals surface area contributed by atoms with Crippen molar-refractivity contribution < 1.29 is 13.5 Å². The molecule has 5 nitrogen and oxygen atoms in total. The predicted molar refractivity (Wildman–Crippen MR) is 68.4 cm³/mol. The van der Waals surface area contributed by atoms with E-state index in [4.69, 9.17) is 0 Å². The van der Waals surface area contributed by atoms with Crippen LogP contribution in [0.25, 0.3) is 0 Å². The van der Waals surface area contributed by atoms with Crippen molar-refractivity contribution >= 4 is 10.0 Å². The summed E-state index contributed by atoms with van der Waals surface area (Å²) in [5.74, 6) is 0. The van der Waals surface area contributed by atoms with Gasteiger partial charge in [-0.3, -0.25) is 4.90 Å². The van der Waals surface area contributed by atoms with E-state index in [0.717, 1.165) is 32.4 Å². The van der Waals surface area contributed by atoms with Gasteiger partial charge in [-0.15, -0.1) is 0 Å². The standard InChI is InChI=1S/C11H24N2O3S/c1-4-11(14)9-13-7-5-6-10(8-13)12(2)17(3,15)16/h10-11,14H,4-9H2,1-3H3/t10-,11+/m0/s1. The predicted octanol–water partition coefficient (Wildman–Crippen LogP) is 0.113. The van der Waals surface area contributed by atoms with Gasteiger partial charge in [0.2, 0.25) is 10.0 Å². The van der Waals surface area contributed by atoms with E-state index in [1.165, 1.54) is 10.6 Å². The number of β-amino-alcohol motifs (C(OH)–C–C–N with tert-alkyl or cyclic N) is 1. The molecule has 102 valence electrons. The van der Waals surface area contributed by atoms with E-state index in [-0.39, 0.29) is 12.1 Å². The zero-order valence-corrected chi connectivity index (χ0v) is 11.8. The molecule has 0 aromatic carbocycles. The first kappa shape index (κ1) is 14.9. The average Bonchev–Trinajstić information content (AvgIpc) is 2.27. The Bertz CT molecular complexity index is 332. The molecule has 0 unspecified atom stereocenters. The van der Waals surface area contributed by atoms with E-state index in [9.17, 15) is 13.5 Å². The number of rotatable bonds is 5. The van der Waals surface area contributed by atoms with Crippen molar-refractivity contribution in [3.8, 4) is 0 Å². The van der Waals surface area contributed by atoms with Gasteiger partial charge in [-0.1, -0.05) is 6.92 Å². The minimum Gasteiger partial charge on any atom is -0.392 e. The summed E-state index contributed by atoms with van der Waals surface area (Å²) in [6.45, 7) is 4.27.